The van der Waals surface area contributed by atoms with Crippen LogP contribution in [0.1, 0.15) is 22.5 Å². The van der Waals surface area contributed by atoms with Crippen LogP contribution in [0.15, 0.2) is 24.3 Å². The minimum Gasteiger partial charge on any atom is -0.380 e. The molecule has 1 aromatic carbocycles. The molecule has 1 heterocycles. The van der Waals surface area contributed by atoms with Crippen LogP contribution in [-0.4, -0.2) is 9.78 Å². The summed E-state index contributed by atoms with van der Waals surface area (Å²) in [6.07, 6.45) is -4.36. The standard InChI is InChI=1S/C14H16F3N3/c1-9-11(10(2)20(3)19-9)8-18-13-7-5-4-6-12(13)14(15,16)17/h4-7,18H,8H2,1-3H3. The highest BCUT2D eigenvalue weighted by molar-refractivity contribution is 5.53. The highest BCUT2D eigenvalue weighted by Gasteiger charge is 2.33. The van der Waals surface area contributed by atoms with Crippen LogP contribution in [0.4, 0.5) is 18.9 Å². The lowest BCUT2D eigenvalue weighted by atomic mass is 10.1. The summed E-state index contributed by atoms with van der Waals surface area (Å²) in [5.74, 6) is 0. The number of aryl methyl sites for hydroxylation is 2. The monoisotopic (exact) mass is 283 g/mol. The van der Waals surface area contributed by atoms with Gasteiger partial charge in [-0.25, -0.2) is 0 Å². The van der Waals surface area contributed by atoms with E-state index in [1.54, 1.807) is 10.7 Å². The number of benzene rings is 1. The zero-order valence-electron chi connectivity index (χ0n) is 11.5. The van der Waals surface area contributed by atoms with Gasteiger partial charge in [-0.05, 0) is 26.0 Å². The van der Waals surface area contributed by atoms with Crippen LogP contribution in [0, 0.1) is 13.8 Å². The third-order valence-corrected chi connectivity index (χ3v) is 3.35. The zero-order chi connectivity index (χ0) is 14.9. The van der Waals surface area contributed by atoms with E-state index in [9.17, 15) is 13.2 Å². The fourth-order valence-electron chi connectivity index (χ4n) is 2.14. The number of hydrogen-bond donors (Lipinski definition) is 1. The van der Waals surface area contributed by atoms with E-state index in [1.165, 1.54) is 12.1 Å². The molecule has 2 aromatic rings. The Morgan fingerprint density at radius 1 is 1.20 bits per heavy atom. The number of para-hydroxylation sites is 1. The highest BCUT2D eigenvalue weighted by Crippen LogP contribution is 2.34. The van der Waals surface area contributed by atoms with Gasteiger partial charge in [0, 0.05) is 30.5 Å². The molecule has 0 aliphatic rings. The van der Waals surface area contributed by atoms with Gasteiger partial charge in [-0.3, -0.25) is 4.68 Å². The van der Waals surface area contributed by atoms with Crippen LogP contribution in [-0.2, 0) is 19.8 Å². The summed E-state index contributed by atoms with van der Waals surface area (Å²) in [6, 6.07) is 5.48. The van der Waals surface area contributed by atoms with Gasteiger partial charge in [0.25, 0.3) is 0 Å². The van der Waals surface area contributed by atoms with E-state index in [1.807, 2.05) is 20.9 Å². The summed E-state index contributed by atoms with van der Waals surface area (Å²) in [7, 11) is 1.81. The minimum absolute atomic E-state index is 0.0858. The van der Waals surface area contributed by atoms with E-state index in [-0.39, 0.29) is 5.69 Å². The van der Waals surface area contributed by atoms with E-state index in [0.29, 0.717) is 6.54 Å². The molecule has 0 unspecified atom stereocenters. The van der Waals surface area contributed by atoms with Crippen LogP contribution in [0.3, 0.4) is 0 Å². The van der Waals surface area contributed by atoms with Gasteiger partial charge in [0.15, 0.2) is 0 Å². The van der Waals surface area contributed by atoms with Crippen molar-refractivity contribution in [2.45, 2.75) is 26.6 Å². The second kappa shape index (κ2) is 5.19. The Balaban J connectivity index is 2.24. The summed E-state index contributed by atoms with van der Waals surface area (Å²) in [6.45, 7) is 4.06. The van der Waals surface area contributed by atoms with Gasteiger partial charge in [-0.1, -0.05) is 12.1 Å². The molecule has 108 valence electrons. The normalized spacial score (nSPS) is 11.7. The van der Waals surface area contributed by atoms with Gasteiger partial charge in [-0.15, -0.1) is 0 Å². The van der Waals surface area contributed by atoms with Crippen molar-refractivity contribution in [2.75, 3.05) is 5.32 Å². The number of nitrogens with zero attached hydrogens (tertiary/aromatic N) is 2. The predicted molar refractivity (Wildman–Crippen MR) is 71.5 cm³/mol. The maximum Gasteiger partial charge on any atom is 0.418 e. The molecule has 0 bridgehead atoms. The van der Waals surface area contributed by atoms with Gasteiger partial charge >= 0.3 is 6.18 Å². The minimum atomic E-state index is -4.36. The Hall–Kier alpha value is -1.98. The summed E-state index contributed by atoms with van der Waals surface area (Å²) >= 11 is 0. The Kier molecular flexibility index (Phi) is 3.74. The number of aromatic nitrogens is 2. The highest BCUT2D eigenvalue weighted by atomic mass is 19.4. The van der Waals surface area contributed by atoms with Crippen LogP contribution in [0.2, 0.25) is 0 Å². The maximum absolute atomic E-state index is 12.9. The van der Waals surface area contributed by atoms with Crippen LogP contribution in [0.25, 0.3) is 0 Å². The van der Waals surface area contributed by atoms with Crippen molar-refractivity contribution in [3.05, 3.63) is 46.8 Å². The molecule has 3 nitrogen and oxygen atoms in total. The molecule has 0 fully saturated rings. The smallest absolute Gasteiger partial charge is 0.380 e. The molecule has 0 spiro atoms. The zero-order valence-corrected chi connectivity index (χ0v) is 11.5. The SMILES string of the molecule is Cc1nn(C)c(C)c1CNc1ccccc1C(F)(F)F. The maximum atomic E-state index is 12.9. The van der Waals surface area contributed by atoms with Crippen LogP contribution < -0.4 is 5.32 Å². The lowest BCUT2D eigenvalue weighted by Crippen LogP contribution is -2.11. The van der Waals surface area contributed by atoms with Crippen molar-refractivity contribution < 1.29 is 13.2 Å². The Bertz CT molecular complexity index is 615. The van der Waals surface area contributed by atoms with Crippen LogP contribution >= 0.6 is 0 Å². The molecular formula is C14H16F3N3. The number of nitrogens with one attached hydrogen (secondary N) is 1. The van der Waals surface area contributed by atoms with E-state index in [4.69, 9.17) is 0 Å². The second-order valence-electron chi connectivity index (χ2n) is 4.67. The third-order valence-electron chi connectivity index (χ3n) is 3.35. The lowest BCUT2D eigenvalue weighted by molar-refractivity contribution is -0.136. The van der Waals surface area contributed by atoms with E-state index >= 15 is 0 Å². The first-order valence-corrected chi connectivity index (χ1v) is 6.20. The first-order valence-electron chi connectivity index (χ1n) is 6.20. The quantitative estimate of drug-likeness (QED) is 0.931. The molecule has 2 rings (SSSR count). The molecule has 20 heavy (non-hydrogen) atoms. The molecule has 1 aromatic heterocycles. The molecule has 0 amide bonds. The number of alkyl halides is 3. The van der Waals surface area contributed by atoms with Gasteiger partial charge < -0.3 is 5.32 Å². The van der Waals surface area contributed by atoms with Gasteiger partial charge in [-0.2, -0.15) is 18.3 Å². The lowest BCUT2D eigenvalue weighted by Gasteiger charge is -2.14. The fourth-order valence-corrected chi connectivity index (χ4v) is 2.14. The van der Waals surface area contributed by atoms with E-state index < -0.39 is 11.7 Å². The van der Waals surface area contributed by atoms with Gasteiger partial charge in [0.2, 0.25) is 0 Å². The van der Waals surface area contributed by atoms with Crippen molar-refractivity contribution in [3.8, 4) is 0 Å². The van der Waals surface area contributed by atoms with Gasteiger partial charge in [0.1, 0.15) is 0 Å². The molecule has 1 N–H and O–H groups in total. The summed E-state index contributed by atoms with van der Waals surface area (Å²) in [4.78, 5) is 0. The molecule has 6 heteroatoms. The topological polar surface area (TPSA) is 29.9 Å². The average molecular weight is 283 g/mol. The molecule has 0 saturated heterocycles. The fraction of sp³-hybridized carbons (Fsp3) is 0.357. The third kappa shape index (κ3) is 2.79. The molecule has 0 saturated carbocycles. The van der Waals surface area contributed by atoms with Crippen molar-refractivity contribution in [3.63, 3.8) is 0 Å². The van der Waals surface area contributed by atoms with E-state index in [0.717, 1.165) is 23.0 Å². The number of hydrogen-bond acceptors (Lipinski definition) is 2. The van der Waals surface area contributed by atoms with Crippen molar-refractivity contribution in [1.82, 2.24) is 9.78 Å². The number of halogens is 3. The summed E-state index contributed by atoms with van der Waals surface area (Å²) in [5.41, 5.74) is 2.12. The molecule has 0 aliphatic heterocycles. The first kappa shape index (κ1) is 14.4. The molecule has 0 atom stereocenters. The Morgan fingerprint density at radius 2 is 1.85 bits per heavy atom. The van der Waals surface area contributed by atoms with Crippen molar-refractivity contribution >= 4 is 5.69 Å². The number of anilines is 1. The van der Waals surface area contributed by atoms with Gasteiger partial charge in [0.05, 0.1) is 11.3 Å². The van der Waals surface area contributed by atoms with Crippen LogP contribution in [0.5, 0.6) is 0 Å². The predicted octanol–water partition coefficient (Wildman–Crippen LogP) is 3.67. The van der Waals surface area contributed by atoms with E-state index in [2.05, 4.69) is 10.4 Å². The van der Waals surface area contributed by atoms with Crippen molar-refractivity contribution in [1.29, 1.82) is 0 Å². The first-order chi connectivity index (χ1) is 9.30. The molecular weight excluding hydrogens is 267 g/mol. The van der Waals surface area contributed by atoms with Crippen molar-refractivity contribution in [2.24, 2.45) is 7.05 Å². The average Bonchev–Trinajstić information content (AvgIpc) is 2.60. The Morgan fingerprint density at radius 3 is 2.40 bits per heavy atom. The summed E-state index contributed by atoms with van der Waals surface area (Å²) in [5, 5.41) is 7.11. The molecule has 0 aliphatic carbocycles. The molecule has 0 radical (unpaired) electrons. The number of rotatable bonds is 3. The summed E-state index contributed by atoms with van der Waals surface area (Å²) < 4.78 is 40.4. The Labute approximate surface area is 115 Å². The second-order valence-corrected chi connectivity index (χ2v) is 4.67. The largest absolute Gasteiger partial charge is 0.418 e.